The number of rotatable bonds is 4. The van der Waals surface area contributed by atoms with E-state index in [1.807, 2.05) is 6.92 Å². The number of aryl methyl sites for hydroxylation is 1. The summed E-state index contributed by atoms with van der Waals surface area (Å²) < 4.78 is 6.54. The number of halogens is 1. The van der Waals surface area contributed by atoms with Gasteiger partial charge in [0.1, 0.15) is 12.3 Å². The van der Waals surface area contributed by atoms with E-state index in [4.69, 9.17) is 16.3 Å². The Hall–Kier alpha value is -2.79. The van der Waals surface area contributed by atoms with E-state index in [2.05, 4.69) is 5.32 Å². The van der Waals surface area contributed by atoms with Crippen molar-refractivity contribution in [3.05, 3.63) is 69.6 Å². The number of anilines is 1. The predicted octanol–water partition coefficient (Wildman–Crippen LogP) is 3.61. The molecule has 0 aliphatic carbocycles. The van der Waals surface area contributed by atoms with Gasteiger partial charge >= 0.3 is 0 Å². The van der Waals surface area contributed by atoms with E-state index in [9.17, 15) is 9.59 Å². The Bertz CT molecular complexity index is 1010. The molecule has 0 spiro atoms. The van der Waals surface area contributed by atoms with Crippen LogP contribution >= 0.6 is 11.6 Å². The van der Waals surface area contributed by atoms with E-state index in [1.54, 1.807) is 55.8 Å². The van der Waals surface area contributed by atoms with Gasteiger partial charge in [0.05, 0.1) is 7.11 Å². The molecule has 0 aliphatic heterocycles. The SMILES string of the molecule is COc1ccc2c(=O)n(CC(=O)Nc3ccc(Cl)cc3C)ccc2c1. The van der Waals surface area contributed by atoms with Crippen LogP contribution in [0, 0.1) is 6.92 Å². The molecular weight excluding hydrogens is 340 g/mol. The van der Waals surface area contributed by atoms with E-state index in [1.165, 1.54) is 4.57 Å². The van der Waals surface area contributed by atoms with Crippen LogP contribution in [0.25, 0.3) is 10.8 Å². The summed E-state index contributed by atoms with van der Waals surface area (Å²) in [6.45, 7) is 1.79. The largest absolute Gasteiger partial charge is 0.497 e. The lowest BCUT2D eigenvalue weighted by Crippen LogP contribution is -2.27. The van der Waals surface area contributed by atoms with E-state index in [0.29, 0.717) is 21.8 Å². The second-order valence-electron chi connectivity index (χ2n) is 5.71. The van der Waals surface area contributed by atoms with Gasteiger partial charge < -0.3 is 14.6 Å². The monoisotopic (exact) mass is 356 g/mol. The zero-order valence-corrected chi connectivity index (χ0v) is 14.6. The molecule has 1 heterocycles. The molecular formula is C19H17ClN2O3. The molecule has 0 atom stereocenters. The lowest BCUT2D eigenvalue weighted by molar-refractivity contribution is -0.116. The van der Waals surface area contributed by atoms with Gasteiger partial charge in [-0.1, -0.05) is 11.6 Å². The summed E-state index contributed by atoms with van der Waals surface area (Å²) in [4.78, 5) is 24.8. The van der Waals surface area contributed by atoms with Crippen LogP contribution < -0.4 is 15.6 Å². The van der Waals surface area contributed by atoms with Crippen molar-refractivity contribution >= 4 is 34.0 Å². The Morgan fingerprint density at radius 2 is 2.00 bits per heavy atom. The van der Waals surface area contributed by atoms with Crippen LogP contribution in [0.2, 0.25) is 5.02 Å². The lowest BCUT2D eigenvalue weighted by atomic mass is 10.1. The zero-order valence-electron chi connectivity index (χ0n) is 13.9. The number of ether oxygens (including phenoxy) is 1. The van der Waals surface area contributed by atoms with Crippen molar-refractivity contribution in [2.45, 2.75) is 13.5 Å². The summed E-state index contributed by atoms with van der Waals surface area (Å²) in [5.74, 6) is 0.404. The molecule has 5 nitrogen and oxygen atoms in total. The second-order valence-corrected chi connectivity index (χ2v) is 6.15. The molecule has 0 radical (unpaired) electrons. The summed E-state index contributed by atoms with van der Waals surface area (Å²) >= 11 is 5.91. The van der Waals surface area contributed by atoms with Crippen LogP contribution in [0.5, 0.6) is 5.75 Å². The summed E-state index contributed by atoms with van der Waals surface area (Å²) in [5.41, 5.74) is 1.31. The Labute approximate surface area is 149 Å². The molecule has 1 aromatic heterocycles. The highest BCUT2D eigenvalue weighted by Crippen LogP contribution is 2.20. The van der Waals surface area contributed by atoms with Gasteiger partial charge in [-0.3, -0.25) is 9.59 Å². The van der Waals surface area contributed by atoms with Gasteiger partial charge in [0.25, 0.3) is 5.56 Å². The number of benzene rings is 2. The predicted molar refractivity (Wildman–Crippen MR) is 99.6 cm³/mol. The molecule has 0 fully saturated rings. The Balaban J connectivity index is 1.83. The average Bonchev–Trinajstić information content (AvgIpc) is 2.59. The highest BCUT2D eigenvalue weighted by Gasteiger charge is 2.09. The number of hydrogen-bond donors (Lipinski definition) is 1. The van der Waals surface area contributed by atoms with Crippen molar-refractivity contribution in [1.82, 2.24) is 4.57 Å². The van der Waals surface area contributed by atoms with Gasteiger partial charge in [-0.2, -0.15) is 0 Å². The van der Waals surface area contributed by atoms with E-state index >= 15 is 0 Å². The van der Waals surface area contributed by atoms with Crippen molar-refractivity contribution in [2.75, 3.05) is 12.4 Å². The van der Waals surface area contributed by atoms with Gasteiger partial charge in [0, 0.05) is 22.3 Å². The number of carbonyl (C=O) groups is 1. The van der Waals surface area contributed by atoms with Gasteiger partial charge in [-0.15, -0.1) is 0 Å². The minimum Gasteiger partial charge on any atom is -0.497 e. The average molecular weight is 357 g/mol. The standard InChI is InChI=1S/C19H17ClN2O3/c1-12-9-14(20)3-6-17(12)21-18(23)11-22-8-7-13-10-15(25-2)4-5-16(13)19(22)24/h3-10H,11H2,1-2H3,(H,21,23). The third-order valence-corrected chi connectivity index (χ3v) is 4.20. The number of aromatic nitrogens is 1. The fourth-order valence-electron chi connectivity index (χ4n) is 2.63. The number of hydrogen-bond acceptors (Lipinski definition) is 3. The minimum absolute atomic E-state index is 0.0666. The van der Waals surface area contributed by atoms with Crippen LogP contribution in [-0.4, -0.2) is 17.6 Å². The summed E-state index contributed by atoms with van der Waals surface area (Å²) in [6.07, 6.45) is 1.61. The van der Waals surface area contributed by atoms with Crippen LogP contribution in [0.1, 0.15) is 5.56 Å². The molecule has 1 amide bonds. The fraction of sp³-hybridized carbons (Fsp3) is 0.158. The molecule has 0 saturated carbocycles. The zero-order chi connectivity index (χ0) is 18.0. The van der Waals surface area contributed by atoms with Crippen molar-refractivity contribution in [3.8, 4) is 5.75 Å². The first-order chi connectivity index (χ1) is 12.0. The molecule has 0 aliphatic rings. The molecule has 3 aromatic rings. The smallest absolute Gasteiger partial charge is 0.258 e. The highest BCUT2D eigenvalue weighted by molar-refractivity contribution is 6.30. The van der Waals surface area contributed by atoms with Crippen LogP contribution in [0.4, 0.5) is 5.69 Å². The molecule has 1 N–H and O–H groups in total. The maximum atomic E-state index is 12.6. The Kier molecular flexibility index (Phi) is 4.76. The number of fused-ring (bicyclic) bond motifs is 1. The molecule has 0 unspecified atom stereocenters. The van der Waals surface area contributed by atoms with Crippen molar-refractivity contribution in [1.29, 1.82) is 0 Å². The van der Waals surface area contributed by atoms with Crippen molar-refractivity contribution in [2.24, 2.45) is 0 Å². The highest BCUT2D eigenvalue weighted by atomic mass is 35.5. The second kappa shape index (κ2) is 6.99. The Morgan fingerprint density at radius 3 is 2.72 bits per heavy atom. The summed E-state index contributed by atoms with van der Waals surface area (Å²) in [6, 6.07) is 12.2. The number of amides is 1. The van der Waals surface area contributed by atoms with Gasteiger partial charge in [-0.05, 0) is 60.3 Å². The first-order valence-corrected chi connectivity index (χ1v) is 8.09. The van der Waals surface area contributed by atoms with Gasteiger partial charge in [0.2, 0.25) is 5.91 Å². The number of nitrogens with one attached hydrogen (secondary N) is 1. The molecule has 0 saturated heterocycles. The van der Waals surface area contributed by atoms with Crippen LogP contribution in [-0.2, 0) is 11.3 Å². The molecule has 2 aromatic carbocycles. The molecule has 6 heteroatoms. The molecule has 3 rings (SSSR count). The van der Waals surface area contributed by atoms with Crippen molar-refractivity contribution in [3.63, 3.8) is 0 Å². The van der Waals surface area contributed by atoms with Gasteiger partial charge in [0.15, 0.2) is 0 Å². The van der Waals surface area contributed by atoms with E-state index in [-0.39, 0.29) is 18.0 Å². The van der Waals surface area contributed by atoms with Gasteiger partial charge in [-0.25, -0.2) is 0 Å². The summed E-state index contributed by atoms with van der Waals surface area (Å²) in [5, 5.41) is 4.72. The first kappa shape index (κ1) is 17.0. The number of carbonyl (C=O) groups excluding carboxylic acids is 1. The minimum atomic E-state index is -0.277. The quantitative estimate of drug-likeness (QED) is 0.776. The third-order valence-electron chi connectivity index (χ3n) is 3.96. The van der Waals surface area contributed by atoms with E-state index in [0.717, 1.165) is 10.9 Å². The maximum Gasteiger partial charge on any atom is 0.258 e. The number of methoxy groups -OCH3 is 1. The summed E-state index contributed by atoms with van der Waals surface area (Å²) in [7, 11) is 1.57. The molecule has 25 heavy (non-hydrogen) atoms. The van der Waals surface area contributed by atoms with Crippen molar-refractivity contribution < 1.29 is 9.53 Å². The number of pyridine rings is 1. The normalized spacial score (nSPS) is 10.7. The lowest BCUT2D eigenvalue weighted by Gasteiger charge is -2.11. The van der Waals surface area contributed by atoms with Crippen LogP contribution in [0.15, 0.2) is 53.5 Å². The molecule has 0 bridgehead atoms. The maximum absolute atomic E-state index is 12.6. The third kappa shape index (κ3) is 3.67. The van der Waals surface area contributed by atoms with Crippen LogP contribution in [0.3, 0.4) is 0 Å². The first-order valence-electron chi connectivity index (χ1n) is 7.71. The number of nitrogens with zero attached hydrogens (tertiary/aromatic N) is 1. The topological polar surface area (TPSA) is 60.3 Å². The van der Waals surface area contributed by atoms with E-state index < -0.39 is 0 Å². The fourth-order valence-corrected chi connectivity index (χ4v) is 2.86. The molecule has 128 valence electrons. The Morgan fingerprint density at radius 1 is 1.20 bits per heavy atom.